The molecule has 1 atom stereocenters. The van der Waals surface area contributed by atoms with Crippen LogP contribution in [-0.4, -0.2) is 38.3 Å². The Morgan fingerprint density at radius 3 is 2.33 bits per heavy atom. The van der Waals surface area contributed by atoms with E-state index in [1.165, 1.54) is 17.5 Å². The van der Waals surface area contributed by atoms with Gasteiger partial charge in [-0.15, -0.1) is 0 Å². The molecule has 1 N–H and O–H groups in total. The summed E-state index contributed by atoms with van der Waals surface area (Å²) >= 11 is 0. The van der Waals surface area contributed by atoms with E-state index >= 15 is 0 Å². The summed E-state index contributed by atoms with van der Waals surface area (Å²) < 4.78 is 39.0. The standard InChI is InChI=1S/C25H26N2O5S/c1-18-10-13-22(31-2)17-24(18)33(29,30)27-16-6-9-23(27)25(28)26-19-11-14-21(15-12-19)32-20-7-4-3-5-8-20/h3-5,7-8,10-15,17,23H,6,9,16H2,1-2H3,(H,26,28)/t23-/m0/s1. The highest BCUT2D eigenvalue weighted by Gasteiger charge is 2.40. The van der Waals surface area contributed by atoms with Crippen LogP contribution in [-0.2, 0) is 14.8 Å². The molecule has 4 rings (SSSR count). The lowest BCUT2D eigenvalue weighted by molar-refractivity contribution is -0.119. The van der Waals surface area contributed by atoms with Crippen LogP contribution in [0.3, 0.4) is 0 Å². The predicted octanol–water partition coefficient (Wildman–Crippen LogP) is 4.59. The summed E-state index contributed by atoms with van der Waals surface area (Å²) in [7, 11) is -2.37. The molecule has 1 saturated heterocycles. The maximum absolute atomic E-state index is 13.4. The molecule has 7 nitrogen and oxygen atoms in total. The SMILES string of the molecule is COc1ccc(C)c(S(=O)(=O)N2CCC[C@H]2C(=O)Nc2ccc(Oc3ccccc3)cc2)c1. The van der Waals surface area contributed by atoms with E-state index in [0.717, 1.165) is 0 Å². The molecule has 1 aliphatic heterocycles. The van der Waals surface area contributed by atoms with Crippen molar-refractivity contribution in [3.8, 4) is 17.2 Å². The smallest absolute Gasteiger partial charge is 0.244 e. The normalized spacial score (nSPS) is 16.4. The molecule has 3 aromatic carbocycles. The van der Waals surface area contributed by atoms with Crippen LogP contribution in [0, 0.1) is 6.92 Å². The van der Waals surface area contributed by atoms with Gasteiger partial charge in [-0.3, -0.25) is 4.79 Å². The minimum atomic E-state index is -3.86. The number of methoxy groups -OCH3 is 1. The van der Waals surface area contributed by atoms with Crippen molar-refractivity contribution in [3.05, 3.63) is 78.4 Å². The van der Waals surface area contributed by atoms with E-state index in [-0.39, 0.29) is 10.8 Å². The third-order valence-corrected chi connectivity index (χ3v) is 7.64. The van der Waals surface area contributed by atoms with Crippen LogP contribution < -0.4 is 14.8 Å². The number of ether oxygens (including phenoxy) is 2. The summed E-state index contributed by atoms with van der Waals surface area (Å²) in [6, 6.07) is 20.5. The van der Waals surface area contributed by atoms with Crippen LogP contribution in [0.2, 0.25) is 0 Å². The van der Waals surface area contributed by atoms with E-state index in [1.54, 1.807) is 43.3 Å². The summed E-state index contributed by atoms with van der Waals surface area (Å²) in [6.45, 7) is 2.03. The number of aryl methyl sites for hydroxylation is 1. The number of para-hydroxylation sites is 1. The van der Waals surface area contributed by atoms with Crippen LogP contribution in [0.15, 0.2) is 77.7 Å². The fourth-order valence-corrected chi connectivity index (χ4v) is 5.76. The first-order chi connectivity index (χ1) is 15.9. The van der Waals surface area contributed by atoms with E-state index < -0.39 is 16.1 Å². The van der Waals surface area contributed by atoms with Crippen molar-refractivity contribution in [1.82, 2.24) is 4.31 Å². The minimum absolute atomic E-state index is 0.156. The van der Waals surface area contributed by atoms with Gasteiger partial charge in [0.2, 0.25) is 15.9 Å². The van der Waals surface area contributed by atoms with Crippen molar-refractivity contribution >= 4 is 21.6 Å². The average molecular weight is 467 g/mol. The highest BCUT2D eigenvalue weighted by Crippen LogP contribution is 2.31. The fraction of sp³-hybridized carbons (Fsp3) is 0.240. The van der Waals surface area contributed by atoms with Crippen LogP contribution in [0.5, 0.6) is 17.2 Å². The molecule has 8 heteroatoms. The van der Waals surface area contributed by atoms with Crippen molar-refractivity contribution in [2.45, 2.75) is 30.7 Å². The zero-order valence-corrected chi connectivity index (χ0v) is 19.3. The summed E-state index contributed by atoms with van der Waals surface area (Å²) in [5, 5.41) is 2.84. The molecule has 0 spiro atoms. The van der Waals surface area contributed by atoms with Gasteiger partial charge in [-0.2, -0.15) is 4.31 Å². The Hall–Kier alpha value is -3.36. The maximum atomic E-state index is 13.4. The second-order valence-corrected chi connectivity index (χ2v) is 9.69. The number of nitrogens with zero attached hydrogens (tertiary/aromatic N) is 1. The Morgan fingerprint density at radius 2 is 1.64 bits per heavy atom. The summed E-state index contributed by atoms with van der Waals surface area (Å²) in [5.74, 6) is 1.46. The van der Waals surface area contributed by atoms with Crippen LogP contribution in [0.25, 0.3) is 0 Å². The molecule has 1 heterocycles. The number of rotatable bonds is 7. The third-order valence-electron chi connectivity index (χ3n) is 5.59. The van der Waals surface area contributed by atoms with Gasteiger partial charge in [0.1, 0.15) is 23.3 Å². The first kappa shape index (κ1) is 22.8. The second-order valence-electron chi connectivity index (χ2n) is 7.83. The molecule has 0 radical (unpaired) electrons. The van der Waals surface area contributed by atoms with E-state index in [9.17, 15) is 13.2 Å². The lowest BCUT2D eigenvalue weighted by Gasteiger charge is -2.24. The summed E-state index contributed by atoms with van der Waals surface area (Å²) in [5.41, 5.74) is 1.18. The van der Waals surface area contributed by atoms with Crippen molar-refractivity contribution in [2.75, 3.05) is 19.0 Å². The number of hydrogen-bond acceptors (Lipinski definition) is 5. The Bertz CT molecular complexity index is 1230. The van der Waals surface area contributed by atoms with Gasteiger partial charge in [-0.1, -0.05) is 24.3 Å². The second kappa shape index (κ2) is 9.64. The summed E-state index contributed by atoms with van der Waals surface area (Å²) in [4.78, 5) is 13.2. The van der Waals surface area contributed by atoms with E-state index in [1.807, 2.05) is 30.3 Å². The van der Waals surface area contributed by atoms with Crippen LogP contribution >= 0.6 is 0 Å². The lowest BCUT2D eigenvalue weighted by Crippen LogP contribution is -2.43. The molecule has 1 amide bonds. The molecule has 33 heavy (non-hydrogen) atoms. The number of anilines is 1. The number of hydrogen-bond donors (Lipinski definition) is 1. The number of amides is 1. The zero-order chi connectivity index (χ0) is 23.4. The zero-order valence-electron chi connectivity index (χ0n) is 18.5. The van der Waals surface area contributed by atoms with Crippen molar-refractivity contribution in [2.24, 2.45) is 0 Å². The molecule has 172 valence electrons. The van der Waals surface area contributed by atoms with Gasteiger partial charge in [-0.25, -0.2) is 8.42 Å². The Balaban J connectivity index is 1.48. The van der Waals surface area contributed by atoms with Crippen LogP contribution in [0.1, 0.15) is 18.4 Å². The van der Waals surface area contributed by atoms with Gasteiger partial charge in [0.15, 0.2) is 0 Å². The Labute approximate surface area is 194 Å². The molecular formula is C25H26N2O5S. The van der Waals surface area contributed by atoms with E-state index in [0.29, 0.717) is 47.9 Å². The Morgan fingerprint density at radius 1 is 0.970 bits per heavy atom. The predicted molar refractivity (Wildman–Crippen MR) is 126 cm³/mol. The topological polar surface area (TPSA) is 84.9 Å². The van der Waals surface area contributed by atoms with Gasteiger partial charge >= 0.3 is 0 Å². The van der Waals surface area contributed by atoms with Gasteiger partial charge < -0.3 is 14.8 Å². The van der Waals surface area contributed by atoms with Gasteiger partial charge in [0.25, 0.3) is 0 Å². The number of sulfonamides is 1. The van der Waals surface area contributed by atoms with Crippen LogP contribution in [0.4, 0.5) is 5.69 Å². The molecule has 0 unspecified atom stereocenters. The molecule has 1 aliphatic rings. The Kier molecular flexibility index (Phi) is 6.67. The largest absolute Gasteiger partial charge is 0.497 e. The quantitative estimate of drug-likeness (QED) is 0.551. The summed E-state index contributed by atoms with van der Waals surface area (Å²) in [6.07, 6.45) is 1.08. The molecule has 3 aromatic rings. The highest BCUT2D eigenvalue weighted by molar-refractivity contribution is 7.89. The molecule has 1 fully saturated rings. The molecule has 0 bridgehead atoms. The molecule has 0 aliphatic carbocycles. The number of carbonyl (C=O) groups is 1. The van der Waals surface area contributed by atoms with Crippen molar-refractivity contribution in [1.29, 1.82) is 0 Å². The number of benzene rings is 3. The van der Waals surface area contributed by atoms with Gasteiger partial charge in [0.05, 0.1) is 12.0 Å². The van der Waals surface area contributed by atoms with E-state index in [2.05, 4.69) is 5.32 Å². The average Bonchev–Trinajstić information content (AvgIpc) is 3.32. The lowest BCUT2D eigenvalue weighted by atomic mass is 10.2. The molecular weight excluding hydrogens is 440 g/mol. The third kappa shape index (κ3) is 5.02. The van der Waals surface area contributed by atoms with E-state index in [4.69, 9.17) is 9.47 Å². The van der Waals surface area contributed by atoms with Gasteiger partial charge in [0, 0.05) is 18.3 Å². The minimum Gasteiger partial charge on any atom is -0.497 e. The molecule has 0 saturated carbocycles. The molecule has 0 aromatic heterocycles. The first-order valence-electron chi connectivity index (χ1n) is 10.7. The number of nitrogens with one attached hydrogen (secondary N) is 1. The highest BCUT2D eigenvalue weighted by atomic mass is 32.2. The number of carbonyl (C=O) groups excluding carboxylic acids is 1. The fourth-order valence-electron chi connectivity index (χ4n) is 3.86. The monoisotopic (exact) mass is 466 g/mol. The van der Waals surface area contributed by atoms with Crippen molar-refractivity contribution in [3.63, 3.8) is 0 Å². The van der Waals surface area contributed by atoms with Gasteiger partial charge in [-0.05, 0) is 67.8 Å². The van der Waals surface area contributed by atoms with Crippen molar-refractivity contribution < 1.29 is 22.7 Å². The maximum Gasteiger partial charge on any atom is 0.244 e. The first-order valence-corrected chi connectivity index (χ1v) is 12.1.